The van der Waals surface area contributed by atoms with Crippen molar-refractivity contribution in [2.24, 2.45) is 7.05 Å². The zero-order valence-corrected chi connectivity index (χ0v) is 9.38. The molecule has 3 rings (SSSR count). The van der Waals surface area contributed by atoms with Crippen molar-refractivity contribution in [2.75, 3.05) is 13.1 Å². The van der Waals surface area contributed by atoms with E-state index in [1.165, 1.54) is 0 Å². The fourth-order valence-electron chi connectivity index (χ4n) is 2.00. The Kier molecular flexibility index (Phi) is 2.03. The lowest BCUT2D eigenvalue weighted by Gasteiger charge is -2.29. The summed E-state index contributed by atoms with van der Waals surface area (Å²) in [6.45, 7) is 3.98. The predicted molar refractivity (Wildman–Crippen MR) is 58.9 cm³/mol. The fourth-order valence-corrected chi connectivity index (χ4v) is 2.00. The molecule has 16 heavy (non-hydrogen) atoms. The number of hydrogen-bond acceptors (Lipinski definition) is 4. The van der Waals surface area contributed by atoms with E-state index in [0.717, 1.165) is 30.3 Å². The van der Waals surface area contributed by atoms with Crippen LogP contribution in [0, 0.1) is 6.92 Å². The van der Waals surface area contributed by atoms with E-state index in [-0.39, 0.29) is 0 Å². The monoisotopic (exact) mass is 218 g/mol. The van der Waals surface area contributed by atoms with Gasteiger partial charge in [-0.05, 0) is 6.92 Å². The summed E-state index contributed by atoms with van der Waals surface area (Å²) in [6, 6.07) is 0.477. The van der Waals surface area contributed by atoms with Crippen molar-refractivity contribution in [3.63, 3.8) is 0 Å². The third-order valence-electron chi connectivity index (χ3n) is 2.95. The minimum Gasteiger partial charge on any atom is -0.313 e. The molecule has 6 heteroatoms. The molecule has 0 aromatic carbocycles. The molecule has 0 saturated carbocycles. The molecular formula is C10H14N6. The van der Waals surface area contributed by atoms with Gasteiger partial charge >= 0.3 is 0 Å². The summed E-state index contributed by atoms with van der Waals surface area (Å²) in [5.74, 6) is 1.88. The average molecular weight is 218 g/mol. The quantitative estimate of drug-likeness (QED) is 0.778. The van der Waals surface area contributed by atoms with Crippen molar-refractivity contribution < 1.29 is 0 Å². The maximum atomic E-state index is 4.23. The molecule has 1 aliphatic heterocycles. The van der Waals surface area contributed by atoms with Crippen LogP contribution >= 0.6 is 0 Å². The van der Waals surface area contributed by atoms with Gasteiger partial charge in [0.1, 0.15) is 5.82 Å². The average Bonchev–Trinajstić information content (AvgIpc) is 2.72. The summed E-state index contributed by atoms with van der Waals surface area (Å²) in [5, 5.41) is 15.8. The van der Waals surface area contributed by atoms with E-state index in [4.69, 9.17) is 0 Å². The van der Waals surface area contributed by atoms with Crippen molar-refractivity contribution in [1.29, 1.82) is 0 Å². The molecule has 1 fully saturated rings. The first-order valence-electron chi connectivity index (χ1n) is 5.37. The molecule has 3 heterocycles. The smallest absolute Gasteiger partial charge is 0.167 e. The van der Waals surface area contributed by atoms with Crippen LogP contribution in [0.2, 0.25) is 0 Å². The maximum absolute atomic E-state index is 4.23. The van der Waals surface area contributed by atoms with Crippen LogP contribution in [0.5, 0.6) is 0 Å². The van der Waals surface area contributed by atoms with Gasteiger partial charge in [-0.25, -0.2) is 0 Å². The predicted octanol–water partition coefficient (Wildman–Crippen LogP) is 0.131. The highest BCUT2D eigenvalue weighted by atomic mass is 15.3. The van der Waals surface area contributed by atoms with Crippen LogP contribution in [-0.4, -0.2) is 37.6 Å². The summed E-state index contributed by atoms with van der Waals surface area (Å²) in [7, 11) is 1.90. The molecule has 1 saturated heterocycles. The van der Waals surface area contributed by atoms with Gasteiger partial charge in [-0.3, -0.25) is 4.68 Å². The molecule has 1 N–H and O–H groups in total. The van der Waals surface area contributed by atoms with Gasteiger partial charge in [-0.1, -0.05) is 0 Å². The number of nitrogens with zero attached hydrogens (tertiary/aromatic N) is 5. The van der Waals surface area contributed by atoms with Crippen LogP contribution in [0.25, 0.3) is 11.4 Å². The van der Waals surface area contributed by atoms with Gasteiger partial charge in [0.15, 0.2) is 5.82 Å². The van der Waals surface area contributed by atoms with Crippen molar-refractivity contribution in [1.82, 2.24) is 29.9 Å². The zero-order chi connectivity index (χ0) is 11.1. The van der Waals surface area contributed by atoms with Crippen molar-refractivity contribution in [3.05, 3.63) is 18.2 Å². The van der Waals surface area contributed by atoms with Gasteiger partial charge in [0.2, 0.25) is 0 Å². The van der Waals surface area contributed by atoms with Gasteiger partial charge in [0, 0.05) is 26.3 Å². The van der Waals surface area contributed by atoms with E-state index >= 15 is 0 Å². The largest absolute Gasteiger partial charge is 0.313 e. The zero-order valence-electron chi connectivity index (χ0n) is 9.38. The molecule has 0 atom stereocenters. The Labute approximate surface area is 93.3 Å². The highest BCUT2D eigenvalue weighted by molar-refractivity contribution is 5.53. The van der Waals surface area contributed by atoms with E-state index in [1.807, 2.05) is 26.4 Å². The Balaban J connectivity index is 2.06. The summed E-state index contributed by atoms with van der Waals surface area (Å²) in [5.41, 5.74) is 1.02. The van der Waals surface area contributed by atoms with E-state index in [9.17, 15) is 0 Å². The molecular weight excluding hydrogens is 204 g/mol. The molecule has 0 bridgehead atoms. The molecule has 0 spiro atoms. The Morgan fingerprint density at radius 3 is 2.75 bits per heavy atom. The van der Waals surface area contributed by atoms with Crippen LogP contribution in [0.1, 0.15) is 11.9 Å². The van der Waals surface area contributed by atoms with Crippen LogP contribution in [0.4, 0.5) is 0 Å². The van der Waals surface area contributed by atoms with Crippen LogP contribution in [0.15, 0.2) is 12.4 Å². The number of rotatable bonds is 2. The lowest BCUT2D eigenvalue weighted by Crippen LogP contribution is -2.44. The Morgan fingerprint density at radius 1 is 1.38 bits per heavy atom. The Hall–Kier alpha value is -1.69. The molecule has 84 valence electrons. The normalized spacial score (nSPS) is 16.4. The second kappa shape index (κ2) is 3.41. The van der Waals surface area contributed by atoms with E-state index < -0.39 is 0 Å². The van der Waals surface area contributed by atoms with Gasteiger partial charge < -0.3 is 9.88 Å². The molecule has 1 aliphatic rings. The fraction of sp³-hybridized carbons (Fsp3) is 0.500. The molecule has 0 unspecified atom stereocenters. The molecule has 2 aromatic heterocycles. The van der Waals surface area contributed by atoms with Gasteiger partial charge in [0.05, 0.1) is 17.8 Å². The number of nitrogens with one attached hydrogen (secondary N) is 1. The minimum atomic E-state index is 0.477. The third-order valence-corrected chi connectivity index (χ3v) is 2.95. The van der Waals surface area contributed by atoms with Crippen LogP contribution in [-0.2, 0) is 7.05 Å². The third kappa shape index (κ3) is 1.34. The standard InChI is InChI=1S/C10H14N6/c1-7-13-14-10(8-3-12-15(2)6-8)16(7)9-4-11-5-9/h3,6,9,11H,4-5H2,1-2H3. The number of hydrogen-bond donors (Lipinski definition) is 1. The summed E-state index contributed by atoms with van der Waals surface area (Å²) in [4.78, 5) is 0. The van der Waals surface area contributed by atoms with E-state index in [2.05, 4.69) is 25.2 Å². The number of aryl methyl sites for hydroxylation is 2. The van der Waals surface area contributed by atoms with Crippen molar-refractivity contribution >= 4 is 0 Å². The van der Waals surface area contributed by atoms with Crippen LogP contribution in [0.3, 0.4) is 0 Å². The van der Waals surface area contributed by atoms with Gasteiger partial charge in [0.25, 0.3) is 0 Å². The van der Waals surface area contributed by atoms with Gasteiger partial charge in [-0.2, -0.15) is 5.10 Å². The van der Waals surface area contributed by atoms with E-state index in [0.29, 0.717) is 6.04 Å². The lowest BCUT2D eigenvalue weighted by atomic mass is 10.1. The molecule has 0 amide bonds. The topological polar surface area (TPSA) is 60.6 Å². The molecule has 2 aromatic rings. The van der Waals surface area contributed by atoms with E-state index in [1.54, 1.807) is 4.68 Å². The SMILES string of the molecule is Cc1nnc(-c2cnn(C)c2)n1C1CNC1. The Morgan fingerprint density at radius 2 is 2.19 bits per heavy atom. The first-order valence-corrected chi connectivity index (χ1v) is 5.37. The first kappa shape index (κ1) is 9.53. The summed E-state index contributed by atoms with van der Waals surface area (Å²) < 4.78 is 3.97. The number of aromatic nitrogens is 5. The van der Waals surface area contributed by atoms with Crippen molar-refractivity contribution in [2.45, 2.75) is 13.0 Å². The molecule has 0 radical (unpaired) electrons. The summed E-state index contributed by atoms with van der Waals surface area (Å²) >= 11 is 0. The summed E-state index contributed by atoms with van der Waals surface area (Å²) in [6.07, 6.45) is 3.79. The maximum Gasteiger partial charge on any atom is 0.167 e. The molecule has 6 nitrogen and oxygen atoms in total. The second-order valence-electron chi connectivity index (χ2n) is 4.16. The molecule has 0 aliphatic carbocycles. The highest BCUT2D eigenvalue weighted by Gasteiger charge is 2.24. The first-order chi connectivity index (χ1) is 7.75. The lowest BCUT2D eigenvalue weighted by molar-refractivity contribution is 0.340. The minimum absolute atomic E-state index is 0.477. The second-order valence-corrected chi connectivity index (χ2v) is 4.16. The Bertz CT molecular complexity index is 507. The highest BCUT2D eigenvalue weighted by Crippen LogP contribution is 2.23. The van der Waals surface area contributed by atoms with Crippen molar-refractivity contribution in [3.8, 4) is 11.4 Å². The van der Waals surface area contributed by atoms with Crippen LogP contribution < -0.4 is 5.32 Å². The van der Waals surface area contributed by atoms with Gasteiger partial charge in [-0.15, -0.1) is 10.2 Å².